The fourth-order valence-electron chi connectivity index (χ4n) is 2.92. The summed E-state index contributed by atoms with van der Waals surface area (Å²) in [7, 11) is 0. The molecule has 2 heteroatoms. The van der Waals surface area contributed by atoms with Crippen LogP contribution >= 0.6 is 0 Å². The maximum Gasteiger partial charge on any atom is 0.0519 e. The highest BCUT2D eigenvalue weighted by Gasteiger charge is 2.35. The maximum absolute atomic E-state index is 5.88. The Balaban J connectivity index is 2.54. The van der Waals surface area contributed by atoms with Crippen molar-refractivity contribution in [3.8, 4) is 0 Å². The fraction of sp³-hybridized carbons (Fsp3) is 1.00. The molecule has 0 bridgehead atoms. The van der Waals surface area contributed by atoms with Crippen molar-refractivity contribution in [2.75, 3.05) is 13.2 Å². The minimum atomic E-state index is 0.334. The van der Waals surface area contributed by atoms with E-state index in [0.717, 1.165) is 25.0 Å². The van der Waals surface area contributed by atoms with Crippen LogP contribution in [-0.4, -0.2) is 25.4 Å². The first-order chi connectivity index (χ1) is 8.41. The van der Waals surface area contributed by atoms with Gasteiger partial charge in [-0.3, -0.25) is 0 Å². The van der Waals surface area contributed by atoms with Gasteiger partial charge in [-0.05, 0) is 57.8 Å². The van der Waals surface area contributed by atoms with E-state index in [0.29, 0.717) is 24.0 Å². The quantitative estimate of drug-likeness (QED) is 0.711. The molecule has 2 nitrogen and oxygen atoms in total. The van der Waals surface area contributed by atoms with Gasteiger partial charge in [0.15, 0.2) is 0 Å². The highest BCUT2D eigenvalue weighted by atomic mass is 16.5. The van der Waals surface area contributed by atoms with Crippen molar-refractivity contribution in [2.45, 2.75) is 66.6 Å². The monoisotopic (exact) mass is 256 g/mol. The summed E-state index contributed by atoms with van der Waals surface area (Å²) in [6.45, 7) is 15.1. The first-order valence-electron chi connectivity index (χ1n) is 7.65. The van der Waals surface area contributed by atoms with Gasteiger partial charge in [-0.25, -0.2) is 0 Å². The van der Waals surface area contributed by atoms with E-state index in [9.17, 15) is 0 Å². The first kappa shape index (κ1) is 16.0. The summed E-state index contributed by atoms with van der Waals surface area (Å²) in [4.78, 5) is 0. The Morgan fingerprint density at radius 1 is 0.889 bits per heavy atom. The number of hydrogen-bond donors (Lipinski definition) is 0. The lowest BCUT2D eigenvalue weighted by Gasteiger charge is -2.40. The summed E-state index contributed by atoms with van der Waals surface area (Å²) in [5.74, 6) is 2.91. The van der Waals surface area contributed by atoms with Gasteiger partial charge in [-0.1, -0.05) is 20.3 Å². The predicted molar refractivity (Wildman–Crippen MR) is 76.7 cm³/mol. The van der Waals surface area contributed by atoms with Crippen molar-refractivity contribution < 1.29 is 9.47 Å². The Morgan fingerprint density at radius 2 is 1.44 bits per heavy atom. The Kier molecular flexibility index (Phi) is 6.65. The Hall–Kier alpha value is -0.0800. The second-order valence-electron chi connectivity index (χ2n) is 6.60. The zero-order valence-electron chi connectivity index (χ0n) is 13.1. The number of hydrogen-bond acceptors (Lipinski definition) is 2. The molecule has 0 aliphatic heterocycles. The molecule has 1 saturated carbocycles. The molecule has 0 radical (unpaired) electrons. The van der Waals surface area contributed by atoms with Crippen LogP contribution in [0.1, 0.15) is 54.4 Å². The smallest absolute Gasteiger partial charge is 0.0519 e. The van der Waals surface area contributed by atoms with Crippen molar-refractivity contribution in [2.24, 2.45) is 23.7 Å². The van der Waals surface area contributed by atoms with Gasteiger partial charge >= 0.3 is 0 Å². The molecule has 0 aromatic carbocycles. The van der Waals surface area contributed by atoms with E-state index in [1.165, 1.54) is 12.8 Å². The molecule has 4 unspecified atom stereocenters. The zero-order valence-corrected chi connectivity index (χ0v) is 13.1. The van der Waals surface area contributed by atoms with Gasteiger partial charge in [0, 0.05) is 0 Å². The average Bonchev–Trinajstić information content (AvgIpc) is 2.29. The lowest BCUT2D eigenvalue weighted by molar-refractivity contribution is -0.0480. The topological polar surface area (TPSA) is 18.5 Å². The van der Waals surface area contributed by atoms with E-state index in [-0.39, 0.29) is 0 Å². The first-order valence-corrected chi connectivity index (χ1v) is 7.65. The Bertz CT molecular complexity index is 225. The van der Waals surface area contributed by atoms with Crippen molar-refractivity contribution in [1.82, 2.24) is 0 Å². The van der Waals surface area contributed by atoms with Crippen molar-refractivity contribution in [1.29, 1.82) is 0 Å². The minimum absolute atomic E-state index is 0.334. The van der Waals surface area contributed by atoms with Crippen molar-refractivity contribution >= 4 is 0 Å². The summed E-state index contributed by atoms with van der Waals surface area (Å²) in [6, 6.07) is 0. The second-order valence-corrected chi connectivity index (χ2v) is 6.60. The molecule has 1 aliphatic rings. The van der Waals surface area contributed by atoms with E-state index in [2.05, 4.69) is 41.5 Å². The van der Waals surface area contributed by atoms with E-state index in [4.69, 9.17) is 9.47 Å². The molecule has 0 aromatic heterocycles. The third kappa shape index (κ3) is 4.89. The van der Waals surface area contributed by atoms with Gasteiger partial charge in [-0.2, -0.15) is 0 Å². The Morgan fingerprint density at radius 3 is 2.00 bits per heavy atom. The molecule has 1 rings (SSSR count). The summed E-state index contributed by atoms with van der Waals surface area (Å²) >= 11 is 0. The molecular formula is C16H32O2. The minimum Gasteiger partial charge on any atom is -0.378 e. The highest BCUT2D eigenvalue weighted by Crippen LogP contribution is 2.39. The van der Waals surface area contributed by atoms with E-state index in [1.807, 2.05) is 0 Å². The maximum atomic E-state index is 5.88. The molecule has 1 fully saturated rings. The summed E-state index contributed by atoms with van der Waals surface area (Å²) in [6.07, 6.45) is 3.31. The third-order valence-corrected chi connectivity index (χ3v) is 4.44. The molecular weight excluding hydrogens is 224 g/mol. The van der Waals surface area contributed by atoms with Gasteiger partial charge in [0.25, 0.3) is 0 Å². The molecule has 4 atom stereocenters. The van der Waals surface area contributed by atoms with Crippen LogP contribution in [0.4, 0.5) is 0 Å². The van der Waals surface area contributed by atoms with E-state index in [1.54, 1.807) is 0 Å². The fourth-order valence-corrected chi connectivity index (χ4v) is 2.92. The standard InChI is InChI=1S/C16H32O2/c1-11(2)17-9-15-8-7-13(5)14(6)16(15)10-18-12(3)4/h11-16H,7-10H2,1-6H3. The molecule has 1 aliphatic carbocycles. The average molecular weight is 256 g/mol. The Labute approximate surface area is 113 Å². The van der Waals surface area contributed by atoms with Crippen molar-refractivity contribution in [3.05, 3.63) is 0 Å². The predicted octanol–water partition coefficient (Wildman–Crippen LogP) is 4.13. The molecule has 108 valence electrons. The van der Waals surface area contributed by atoms with Crippen LogP contribution in [0.3, 0.4) is 0 Å². The second kappa shape index (κ2) is 7.49. The van der Waals surface area contributed by atoms with Gasteiger partial charge < -0.3 is 9.47 Å². The summed E-state index contributed by atoms with van der Waals surface area (Å²) in [5.41, 5.74) is 0. The largest absolute Gasteiger partial charge is 0.378 e. The van der Waals surface area contributed by atoms with Gasteiger partial charge in [0.1, 0.15) is 0 Å². The van der Waals surface area contributed by atoms with Crippen molar-refractivity contribution in [3.63, 3.8) is 0 Å². The van der Waals surface area contributed by atoms with Gasteiger partial charge in [-0.15, -0.1) is 0 Å². The SMILES string of the molecule is CC(C)OCC1CCC(C)C(C)C1COC(C)C. The molecule has 0 heterocycles. The van der Waals surface area contributed by atoms with E-state index >= 15 is 0 Å². The van der Waals surface area contributed by atoms with Crippen LogP contribution in [0, 0.1) is 23.7 Å². The molecule has 0 amide bonds. The molecule has 0 spiro atoms. The van der Waals surface area contributed by atoms with Gasteiger partial charge in [0.05, 0.1) is 25.4 Å². The van der Waals surface area contributed by atoms with Gasteiger partial charge in [0.2, 0.25) is 0 Å². The molecule has 0 saturated heterocycles. The lowest BCUT2D eigenvalue weighted by Crippen LogP contribution is -2.38. The van der Waals surface area contributed by atoms with Crippen LogP contribution in [0.25, 0.3) is 0 Å². The van der Waals surface area contributed by atoms with Crippen LogP contribution in [0.15, 0.2) is 0 Å². The normalized spacial score (nSPS) is 33.3. The third-order valence-electron chi connectivity index (χ3n) is 4.44. The number of rotatable bonds is 6. The molecule has 18 heavy (non-hydrogen) atoms. The van der Waals surface area contributed by atoms with Crippen LogP contribution in [-0.2, 0) is 9.47 Å². The summed E-state index contributed by atoms with van der Waals surface area (Å²) < 4.78 is 11.7. The summed E-state index contributed by atoms with van der Waals surface area (Å²) in [5, 5.41) is 0. The molecule has 0 N–H and O–H groups in total. The molecule has 0 aromatic rings. The van der Waals surface area contributed by atoms with Crippen LogP contribution in [0.5, 0.6) is 0 Å². The van der Waals surface area contributed by atoms with Crippen LogP contribution in [0.2, 0.25) is 0 Å². The van der Waals surface area contributed by atoms with Crippen LogP contribution < -0.4 is 0 Å². The zero-order chi connectivity index (χ0) is 13.7. The lowest BCUT2D eigenvalue weighted by atomic mass is 9.68. The number of ether oxygens (including phenoxy) is 2. The van der Waals surface area contributed by atoms with E-state index < -0.39 is 0 Å². The highest BCUT2D eigenvalue weighted by molar-refractivity contribution is 4.83.